The van der Waals surface area contributed by atoms with Crippen LogP contribution in [0.2, 0.25) is 0 Å². The zero-order valence-electron chi connectivity index (χ0n) is 33.7. The van der Waals surface area contributed by atoms with Crippen molar-refractivity contribution < 1.29 is 28.6 Å². The predicted molar refractivity (Wildman–Crippen MR) is 210 cm³/mol. The van der Waals surface area contributed by atoms with E-state index >= 15 is 0 Å². The van der Waals surface area contributed by atoms with Gasteiger partial charge in [-0.2, -0.15) is 0 Å². The van der Waals surface area contributed by atoms with Gasteiger partial charge in [-0.1, -0.05) is 207 Å². The number of carbonyl (C=O) groups excluding carboxylic acids is 3. The zero-order valence-corrected chi connectivity index (χ0v) is 33.7. The molecule has 1 unspecified atom stereocenters. The van der Waals surface area contributed by atoms with Gasteiger partial charge in [-0.25, -0.2) is 0 Å². The predicted octanol–water partition coefficient (Wildman–Crippen LogP) is 13.7. The highest BCUT2D eigenvalue weighted by Crippen LogP contribution is 2.15. The third-order valence-corrected chi connectivity index (χ3v) is 9.86. The van der Waals surface area contributed by atoms with Gasteiger partial charge >= 0.3 is 17.9 Å². The third kappa shape index (κ3) is 37.7. The summed E-state index contributed by atoms with van der Waals surface area (Å²) in [5.74, 6) is -0.858. The maximum atomic E-state index is 12.6. The number of carbonyl (C=O) groups is 3. The second-order valence-electron chi connectivity index (χ2n) is 15.0. The van der Waals surface area contributed by atoms with Crippen LogP contribution >= 0.6 is 0 Å². The number of hydrogen-bond acceptors (Lipinski definition) is 6. The van der Waals surface area contributed by atoms with Crippen LogP contribution in [0, 0.1) is 0 Å². The highest BCUT2D eigenvalue weighted by molar-refractivity contribution is 5.71. The van der Waals surface area contributed by atoms with Gasteiger partial charge in [0.25, 0.3) is 0 Å². The fraction of sp³-hybridized carbons (Fsp3) is 0.932. The first-order chi connectivity index (χ1) is 24.5. The van der Waals surface area contributed by atoms with Crippen molar-refractivity contribution in [2.45, 2.75) is 252 Å². The summed E-state index contributed by atoms with van der Waals surface area (Å²) in [6.07, 6.45) is 39.4. The minimum atomic E-state index is -0.756. The van der Waals surface area contributed by atoms with Gasteiger partial charge in [0.1, 0.15) is 13.2 Å². The van der Waals surface area contributed by atoms with Crippen molar-refractivity contribution in [2.75, 3.05) is 13.2 Å². The van der Waals surface area contributed by atoms with Crippen LogP contribution in [0.25, 0.3) is 0 Å². The van der Waals surface area contributed by atoms with Crippen LogP contribution in [0.3, 0.4) is 0 Å². The molecular formula is C44H84O6. The van der Waals surface area contributed by atoms with Crippen molar-refractivity contribution in [3.05, 3.63) is 0 Å². The fourth-order valence-electron chi connectivity index (χ4n) is 6.50. The van der Waals surface area contributed by atoms with E-state index in [9.17, 15) is 14.4 Å². The average molecular weight is 709 g/mol. The molecule has 0 aliphatic heterocycles. The maximum absolute atomic E-state index is 12.6. The normalized spacial score (nSPS) is 11.8. The quantitative estimate of drug-likeness (QED) is 0.0358. The van der Waals surface area contributed by atoms with Crippen LogP contribution in [0.1, 0.15) is 245 Å². The van der Waals surface area contributed by atoms with E-state index < -0.39 is 6.10 Å². The van der Waals surface area contributed by atoms with Gasteiger partial charge in [-0.3, -0.25) is 14.4 Å². The molecule has 0 aliphatic rings. The Labute approximate surface area is 310 Å². The lowest BCUT2D eigenvalue weighted by Crippen LogP contribution is -2.30. The first-order valence-corrected chi connectivity index (χ1v) is 22.0. The summed E-state index contributed by atoms with van der Waals surface area (Å²) >= 11 is 0. The van der Waals surface area contributed by atoms with Crippen molar-refractivity contribution >= 4 is 17.9 Å². The van der Waals surface area contributed by atoms with Gasteiger partial charge < -0.3 is 14.2 Å². The molecule has 0 N–H and O–H groups in total. The summed E-state index contributed by atoms with van der Waals surface area (Å²) in [7, 11) is 0. The molecule has 0 saturated heterocycles. The van der Waals surface area contributed by atoms with Crippen LogP contribution in [0.15, 0.2) is 0 Å². The molecule has 0 aromatic heterocycles. The number of esters is 3. The second kappa shape index (κ2) is 40.2. The maximum Gasteiger partial charge on any atom is 0.306 e. The lowest BCUT2D eigenvalue weighted by molar-refractivity contribution is -0.167. The standard InChI is InChI=1S/C44H84O6/c1-4-7-10-13-16-19-21-22-24-25-28-31-34-37-43(46)49-40-41(39-48-42(45)36-33-30-27-18-15-12-9-6-3)50-44(47)38-35-32-29-26-23-20-17-14-11-8-5-2/h41H,4-40H2,1-3H3. The van der Waals surface area contributed by atoms with Crippen molar-refractivity contribution in [2.24, 2.45) is 0 Å². The van der Waals surface area contributed by atoms with Crippen LogP contribution in [0.4, 0.5) is 0 Å². The Morgan fingerprint density at radius 3 is 0.800 bits per heavy atom. The van der Waals surface area contributed by atoms with Crippen LogP contribution in [-0.4, -0.2) is 37.2 Å². The molecule has 0 spiro atoms. The van der Waals surface area contributed by atoms with Crippen molar-refractivity contribution in [1.29, 1.82) is 0 Å². The highest BCUT2D eigenvalue weighted by Gasteiger charge is 2.19. The van der Waals surface area contributed by atoms with E-state index in [4.69, 9.17) is 14.2 Å². The Morgan fingerprint density at radius 2 is 0.540 bits per heavy atom. The number of hydrogen-bond donors (Lipinski definition) is 0. The largest absolute Gasteiger partial charge is 0.462 e. The highest BCUT2D eigenvalue weighted by atomic mass is 16.6. The van der Waals surface area contributed by atoms with Crippen LogP contribution in [0.5, 0.6) is 0 Å². The van der Waals surface area contributed by atoms with E-state index in [0.29, 0.717) is 19.3 Å². The molecule has 0 radical (unpaired) electrons. The minimum Gasteiger partial charge on any atom is -0.462 e. The SMILES string of the molecule is CCCCCCCCCCCCCCCC(=O)OCC(COC(=O)CCCCCCCCCC)OC(=O)CCCCCCCCCCCCC. The second-order valence-corrected chi connectivity index (χ2v) is 15.0. The Bertz CT molecular complexity index is 738. The van der Waals surface area contributed by atoms with Crippen molar-refractivity contribution in [3.63, 3.8) is 0 Å². The molecule has 0 fully saturated rings. The van der Waals surface area contributed by atoms with Gasteiger partial charge in [-0.15, -0.1) is 0 Å². The molecule has 0 heterocycles. The molecular weight excluding hydrogens is 624 g/mol. The van der Waals surface area contributed by atoms with E-state index in [1.54, 1.807) is 0 Å². The molecule has 50 heavy (non-hydrogen) atoms. The first kappa shape index (κ1) is 48.4. The first-order valence-electron chi connectivity index (χ1n) is 22.0. The molecule has 0 aromatic rings. The average Bonchev–Trinajstić information content (AvgIpc) is 3.11. The summed E-state index contributed by atoms with van der Waals surface area (Å²) < 4.78 is 16.6. The summed E-state index contributed by atoms with van der Waals surface area (Å²) in [5, 5.41) is 0. The zero-order chi connectivity index (χ0) is 36.6. The van der Waals surface area contributed by atoms with Crippen LogP contribution in [-0.2, 0) is 28.6 Å². The van der Waals surface area contributed by atoms with Crippen LogP contribution < -0.4 is 0 Å². The van der Waals surface area contributed by atoms with E-state index in [-0.39, 0.29) is 31.1 Å². The Kier molecular flexibility index (Phi) is 38.9. The third-order valence-electron chi connectivity index (χ3n) is 9.86. The Balaban J connectivity index is 4.29. The summed E-state index contributed by atoms with van der Waals surface area (Å²) in [4.78, 5) is 37.5. The van der Waals surface area contributed by atoms with Gasteiger partial charge in [0.2, 0.25) is 0 Å². The van der Waals surface area contributed by atoms with E-state index in [1.807, 2.05) is 0 Å². The molecule has 0 rings (SSSR count). The molecule has 296 valence electrons. The van der Waals surface area contributed by atoms with Gasteiger partial charge in [-0.05, 0) is 19.3 Å². The molecule has 0 aliphatic carbocycles. The number of rotatable bonds is 40. The molecule has 0 amide bonds. The fourth-order valence-corrected chi connectivity index (χ4v) is 6.50. The monoisotopic (exact) mass is 709 g/mol. The lowest BCUT2D eigenvalue weighted by atomic mass is 10.0. The topological polar surface area (TPSA) is 78.9 Å². The molecule has 0 aromatic carbocycles. The smallest absolute Gasteiger partial charge is 0.306 e. The molecule has 0 bridgehead atoms. The molecule has 0 saturated carbocycles. The van der Waals surface area contributed by atoms with Crippen molar-refractivity contribution in [1.82, 2.24) is 0 Å². The van der Waals surface area contributed by atoms with Crippen molar-refractivity contribution in [3.8, 4) is 0 Å². The van der Waals surface area contributed by atoms with Gasteiger partial charge in [0.15, 0.2) is 6.10 Å². The summed E-state index contributed by atoms with van der Waals surface area (Å²) in [6.45, 7) is 6.61. The summed E-state index contributed by atoms with van der Waals surface area (Å²) in [5.41, 5.74) is 0. The minimum absolute atomic E-state index is 0.0632. The van der Waals surface area contributed by atoms with Gasteiger partial charge in [0.05, 0.1) is 0 Å². The lowest BCUT2D eigenvalue weighted by Gasteiger charge is -2.18. The van der Waals surface area contributed by atoms with Gasteiger partial charge in [0, 0.05) is 19.3 Å². The molecule has 6 nitrogen and oxygen atoms in total. The molecule has 6 heteroatoms. The summed E-state index contributed by atoms with van der Waals surface area (Å²) in [6, 6.07) is 0. The van der Waals surface area contributed by atoms with E-state index in [1.165, 1.54) is 148 Å². The number of ether oxygens (including phenoxy) is 3. The Hall–Kier alpha value is -1.59. The number of unbranched alkanes of at least 4 members (excludes halogenated alkanes) is 29. The Morgan fingerprint density at radius 1 is 0.320 bits per heavy atom. The van der Waals surface area contributed by atoms with E-state index in [2.05, 4.69) is 20.8 Å². The molecule has 1 atom stereocenters. The van der Waals surface area contributed by atoms with E-state index in [0.717, 1.165) is 57.8 Å².